The van der Waals surface area contributed by atoms with E-state index in [-0.39, 0.29) is 17.3 Å². The Bertz CT molecular complexity index is 496. The van der Waals surface area contributed by atoms with E-state index in [9.17, 15) is 9.59 Å². The molecule has 1 aliphatic rings. The zero-order valence-electron chi connectivity index (χ0n) is 11.8. The number of rotatable bonds is 4. The van der Waals surface area contributed by atoms with Gasteiger partial charge in [-0.15, -0.1) is 0 Å². The summed E-state index contributed by atoms with van der Waals surface area (Å²) in [7, 11) is 1.31. The normalized spacial score (nSPS) is 16.8. The molecule has 106 valence electrons. The lowest BCUT2D eigenvalue weighted by Gasteiger charge is -2.20. The number of ether oxygens (including phenoxy) is 1. The van der Waals surface area contributed by atoms with E-state index in [1.54, 1.807) is 6.08 Å². The Kier molecular flexibility index (Phi) is 5.10. The average molecular weight is 272 g/mol. The summed E-state index contributed by atoms with van der Waals surface area (Å²) in [4.78, 5) is 24.4. The van der Waals surface area contributed by atoms with Crippen molar-refractivity contribution in [3.63, 3.8) is 0 Å². The summed E-state index contributed by atoms with van der Waals surface area (Å²) < 4.78 is 4.77. The quantitative estimate of drug-likeness (QED) is 0.365. The maximum absolute atomic E-state index is 12.5. The second kappa shape index (κ2) is 7.04. The van der Waals surface area contributed by atoms with Gasteiger partial charge in [-0.25, -0.2) is 4.79 Å². The third-order valence-corrected chi connectivity index (χ3v) is 3.76. The molecular weight excluding hydrogens is 252 g/mol. The summed E-state index contributed by atoms with van der Waals surface area (Å²) in [6.07, 6.45) is 6.71. The molecule has 1 aliphatic carbocycles. The molecule has 20 heavy (non-hydrogen) atoms. The SMILES string of the molecule is COC(=O)/C(=C\c1ccccc1)C(=O)C1CCCCC1. The lowest BCUT2D eigenvalue weighted by atomic mass is 9.83. The van der Waals surface area contributed by atoms with Crippen LogP contribution in [-0.4, -0.2) is 18.9 Å². The van der Waals surface area contributed by atoms with Crippen molar-refractivity contribution in [2.24, 2.45) is 5.92 Å². The second-order valence-electron chi connectivity index (χ2n) is 5.16. The van der Waals surface area contributed by atoms with Gasteiger partial charge in [0.2, 0.25) is 0 Å². The average Bonchev–Trinajstić information content (AvgIpc) is 2.53. The smallest absolute Gasteiger partial charge is 0.341 e. The fraction of sp³-hybridized carbons (Fsp3) is 0.412. The van der Waals surface area contributed by atoms with Gasteiger partial charge >= 0.3 is 5.97 Å². The van der Waals surface area contributed by atoms with E-state index in [1.165, 1.54) is 13.5 Å². The standard InChI is InChI=1S/C17H20O3/c1-20-17(19)15(12-13-8-4-2-5-9-13)16(18)14-10-6-3-7-11-14/h2,4-5,8-9,12,14H,3,6-7,10-11H2,1H3/b15-12-. The van der Waals surface area contributed by atoms with Crippen LogP contribution in [0.5, 0.6) is 0 Å². The minimum absolute atomic E-state index is 0.0298. The van der Waals surface area contributed by atoms with Crippen molar-refractivity contribution in [3.8, 4) is 0 Å². The summed E-state index contributed by atoms with van der Waals surface area (Å²) in [6.45, 7) is 0. The topological polar surface area (TPSA) is 43.4 Å². The Hall–Kier alpha value is -1.90. The van der Waals surface area contributed by atoms with Crippen LogP contribution in [0.1, 0.15) is 37.7 Å². The molecule has 1 aromatic carbocycles. The highest BCUT2D eigenvalue weighted by atomic mass is 16.5. The fourth-order valence-corrected chi connectivity index (χ4v) is 2.64. The van der Waals surface area contributed by atoms with Gasteiger partial charge in [0, 0.05) is 5.92 Å². The number of benzene rings is 1. The molecule has 0 amide bonds. The number of esters is 1. The molecule has 0 saturated heterocycles. The molecule has 0 aliphatic heterocycles. The number of hydrogen-bond donors (Lipinski definition) is 0. The minimum atomic E-state index is -0.538. The maximum Gasteiger partial charge on any atom is 0.341 e. The van der Waals surface area contributed by atoms with Gasteiger partial charge in [-0.3, -0.25) is 4.79 Å². The van der Waals surface area contributed by atoms with Crippen LogP contribution < -0.4 is 0 Å². The van der Waals surface area contributed by atoms with Crippen LogP contribution in [0.25, 0.3) is 6.08 Å². The third-order valence-electron chi connectivity index (χ3n) is 3.76. The molecule has 0 aromatic heterocycles. The van der Waals surface area contributed by atoms with Crippen LogP contribution in [0.4, 0.5) is 0 Å². The lowest BCUT2D eigenvalue weighted by Crippen LogP contribution is -2.24. The third kappa shape index (κ3) is 3.56. The molecule has 1 aromatic rings. The summed E-state index contributed by atoms with van der Waals surface area (Å²) in [6, 6.07) is 9.41. The monoisotopic (exact) mass is 272 g/mol. The number of methoxy groups -OCH3 is 1. The first-order chi connectivity index (χ1) is 9.72. The van der Waals surface area contributed by atoms with Gasteiger partial charge in [0.05, 0.1) is 7.11 Å². The van der Waals surface area contributed by atoms with E-state index in [0.29, 0.717) is 0 Å². The Labute approximate surface area is 119 Å². The zero-order chi connectivity index (χ0) is 14.4. The van der Waals surface area contributed by atoms with E-state index in [4.69, 9.17) is 4.74 Å². The van der Waals surface area contributed by atoms with Crippen molar-refractivity contribution >= 4 is 17.8 Å². The molecule has 0 bridgehead atoms. The molecule has 1 saturated carbocycles. The number of hydrogen-bond acceptors (Lipinski definition) is 3. The minimum Gasteiger partial charge on any atom is -0.465 e. The maximum atomic E-state index is 12.5. The Morgan fingerprint density at radius 2 is 1.75 bits per heavy atom. The van der Waals surface area contributed by atoms with E-state index < -0.39 is 5.97 Å². The van der Waals surface area contributed by atoms with Crippen molar-refractivity contribution < 1.29 is 14.3 Å². The molecular formula is C17H20O3. The molecule has 0 heterocycles. The van der Waals surface area contributed by atoms with Gasteiger partial charge in [-0.1, -0.05) is 49.6 Å². The van der Waals surface area contributed by atoms with Crippen LogP contribution in [0.3, 0.4) is 0 Å². The first-order valence-electron chi connectivity index (χ1n) is 7.11. The highest BCUT2D eigenvalue weighted by molar-refractivity contribution is 6.21. The van der Waals surface area contributed by atoms with Crippen LogP contribution in [0.15, 0.2) is 35.9 Å². The van der Waals surface area contributed by atoms with Crippen LogP contribution >= 0.6 is 0 Å². The van der Waals surface area contributed by atoms with Crippen molar-refractivity contribution in [2.45, 2.75) is 32.1 Å². The van der Waals surface area contributed by atoms with Gasteiger partial charge in [-0.2, -0.15) is 0 Å². The highest BCUT2D eigenvalue weighted by Gasteiger charge is 2.28. The first kappa shape index (κ1) is 14.5. The van der Waals surface area contributed by atoms with Gasteiger partial charge in [-0.05, 0) is 24.5 Å². The van der Waals surface area contributed by atoms with Crippen molar-refractivity contribution in [2.75, 3.05) is 7.11 Å². The summed E-state index contributed by atoms with van der Waals surface area (Å²) in [5.41, 5.74) is 1.02. The number of Topliss-reactive ketones (excluding diaryl/α,β-unsaturated/α-hetero) is 1. The highest BCUT2D eigenvalue weighted by Crippen LogP contribution is 2.27. The van der Waals surface area contributed by atoms with Gasteiger partial charge < -0.3 is 4.74 Å². The first-order valence-corrected chi connectivity index (χ1v) is 7.11. The zero-order valence-corrected chi connectivity index (χ0v) is 11.8. The molecule has 2 rings (SSSR count). The predicted octanol–water partition coefficient (Wildman–Crippen LogP) is 3.39. The van der Waals surface area contributed by atoms with Crippen molar-refractivity contribution in [1.29, 1.82) is 0 Å². The number of ketones is 1. The van der Waals surface area contributed by atoms with Gasteiger partial charge in [0.1, 0.15) is 5.57 Å². The molecule has 0 atom stereocenters. The van der Waals surface area contributed by atoms with Crippen LogP contribution in [0, 0.1) is 5.92 Å². The van der Waals surface area contributed by atoms with E-state index in [2.05, 4.69) is 0 Å². The molecule has 0 radical (unpaired) electrons. The summed E-state index contributed by atoms with van der Waals surface area (Å²) >= 11 is 0. The molecule has 0 spiro atoms. The Morgan fingerprint density at radius 1 is 1.10 bits per heavy atom. The Morgan fingerprint density at radius 3 is 2.35 bits per heavy atom. The van der Waals surface area contributed by atoms with Crippen molar-refractivity contribution in [1.82, 2.24) is 0 Å². The fourth-order valence-electron chi connectivity index (χ4n) is 2.64. The van der Waals surface area contributed by atoms with Gasteiger partial charge in [0.15, 0.2) is 5.78 Å². The van der Waals surface area contributed by atoms with Crippen LogP contribution in [-0.2, 0) is 14.3 Å². The Balaban J connectivity index is 2.25. The largest absolute Gasteiger partial charge is 0.465 e. The summed E-state index contributed by atoms with van der Waals surface area (Å²) in [5.74, 6) is -0.636. The van der Waals surface area contributed by atoms with E-state index in [0.717, 1.165) is 31.2 Å². The van der Waals surface area contributed by atoms with Crippen molar-refractivity contribution in [3.05, 3.63) is 41.5 Å². The number of carbonyl (C=O) groups is 2. The molecule has 3 heteroatoms. The lowest BCUT2D eigenvalue weighted by molar-refractivity contribution is -0.138. The second-order valence-corrected chi connectivity index (χ2v) is 5.16. The summed E-state index contributed by atoms with van der Waals surface area (Å²) in [5, 5.41) is 0. The molecule has 1 fully saturated rings. The molecule has 3 nitrogen and oxygen atoms in total. The predicted molar refractivity (Wildman–Crippen MR) is 78.0 cm³/mol. The van der Waals surface area contributed by atoms with E-state index >= 15 is 0 Å². The molecule has 0 unspecified atom stereocenters. The number of carbonyl (C=O) groups excluding carboxylic acids is 2. The van der Waals surface area contributed by atoms with E-state index in [1.807, 2.05) is 30.3 Å². The molecule has 0 N–H and O–H groups in total. The van der Waals surface area contributed by atoms with Crippen LogP contribution in [0.2, 0.25) is 0 Å². The van der Waals surface area contributed by atoms with Gasteiger partial charge in [0.25, 0.3) is 0 Å².